The highest BCUT2D eigenvalue weighted by Gasteiger charge is 2.22. The van der Waals surface area contributed by atoms with Crippen molar-refractivity contribution in [3.8, 4) is 22.7 Å². The van der Waals surface area contributed by atoms with E-state index in [0.29, 0.717) is 23.9 Å². The number of Topliss-reactive ketones (excluding diaryl/α,β-unsaturated/α-hetero) is 1. The van der Waals surface area contributed by atoms with Crippen LogP contribution in [-0.2, 0) is 10.2 Å². The summed E-state index contributed by atoms with van der Waals surface area (Å²) in [5, 5.41) is 7.59. The first-order valence-electron chi connectivity index (χ1n) is 11.3. The minimum absolute atomic E-state index is 0.0294. The number of amides is 1. The zero-order valence-electron chi connectivity index (χ0n) is 21.5. The van der Waals surface area contributed by atoms with Crippen LogP contribution in [0.4, 0.5) is 11.6 Å². The van der Waals surface area contributed by atoms with Crippen LogP contribution in [0.5, 0.6) is 22.7 Å². The molecule has 2 aromatic heterocycles. The molecule has 0 aliphatic rings. The fourth-order valence-electron chi connectivity index (χ4n) is 3.11. The van der Waals surface area contributed by atoms with Crippen LogP contribution in [0, 0.1) is 6.92 Å². The van der Waals surface area contributed by atoms with Gasteiger partial charge in [0.1, 0.15) is 17.2 Å². The second-order valence-corrected chi connectivity index (χ2v) is 9.93. The maximum atomic E-state index is 13.0. The quantitative estimate of drug-likeness (QED) is 0.386. The number of nitrogens with zero attached hydrogens (tertiary/aromatic N) is 3. The van der Waals surface area contributed by atoms with Crippen molar-refractivity contribution in [2.24, 2.45) is 0 Å². The number of aromatic nitrogens is 3. The summed E-state index contributed by atoms with van der Waals surface area (Å²) in [6.07, 6.45) is 0.320. The molecular formula is C25H31N5O5S. The van der Waals surface area contributed by atoms with Crippen molar-refractivity contribution in [2.75, 3.05) is 31.4 Å². The topological polar surface area (TPSA) is 125 Å². The van der Waals surface area contributed by atoms with Gasteiger partial charge in [0.05, 0.1) is 14.2 Å². The molecule has 0 radical (unpaired) electrons. The number of anilines is 2. The summed E-state index contributed by atoms with van der Waals surface area (Å²) in [6, 6.07) is 6.08. The second kappa shape index (κ2) is 11.3. The minimum atomic E-state index is -0.501. The lowest BCUT2D eigenvalue weighted by atomic mass is 9.86. The van der Waals surface area contributed by atoms with Gasteiger partial charge in [0, 0.05) is 18.3 Å². The Kier molecular flexibility index (Phi) is 8.46. The molecule has 192 valence electrons. The zero-order chi connectivity index (χ0) is 26.5. The van der Waals surface area contributed by atoms with Crippen LogP contribution in [0.3, 0.4) is 0 Å². The van der Waals surface area contributed by atoms with Crippen molar-refractivity contribution < 1.29 is 23.8 Å². The maximum absolute atomic E-state index is 13.0. The predicted octanol–water partition coefficient (Wildman–Crippen LogP) is 4.99. The van der Waals surface area contributed by atoms with Crippen LogP contribution in [0.25, 0.3) is 0 Å². The maximum Gasteiger partial charge on any atom is 0.279 e. The Bertz CT molecular complexity index is 1230. The number of rotatable bonds is 10. The van der Waals surface area contributed by atoms with Crippen molar-refractivity contribution in [1.29, 1.82) is 0 Å². The van der Waals surface area contributed by atoms with E-state index in [2.05, 4.69) is 52.4 Å². The number of thiazole rings is 1. The molecule has 1 amide bonds. The summed E-state index contributed by atoms with van der Waals surface area (Å²) in [4.78, 5) is 37.0. The van der Waals surface area contributed by atoms with E-state index in [1.807, 2.05) is 19.1 Å². The van der Waals surface area contributed by atoms with Gasteiger partial charge in [-0.2, -0.15) is 15.0 Å². The van der Waals surface area contributed by atoms with Gasteiger partial charge < -0.3 is 24.8 Å². The van der Waals surface area contributed by atoms with Crippen molar-refractivity contribution in [3.63, 3.8) is 0 Å². The number of ether oxygens (including phenoxy) is 3. The fraction of sp³-hybridized carbons (Fsp3) is 0.400. The largest absolute Gasteiger partial charge is 0.479 e. The smallest absolute Gasteiger partial charge is 0.279 e. The summed E-state index contributed by atoms with van der Waals surface area (Å²) in [5.41, 5.74) is 2.39. The van der Waals surface area contributed by atoms with Crippen molar-refractivity contribution in [3.05, 3.63) is 40.4 Å². The molecule has 0 aliphatic heterocycles. The Morgan fingerprint density at radius 2 is 1.72 bits per heavy atom. The lowest BCUT2D eigenvalue weighted by Gasteiger charge is -2.20. The average molecular weight is 514 g/mol. The van der Waals surface area contributed by atoms with E-state index in [4.69, 9.17) is 14.2 Å². The van der Waals surface area contributed by atoms with Crippen molar-refractivity contribution in [1.82, 2.24) is 15.0 Å². The molecule has 3 aromatic rings. The number of aryl methyl sites for hydroxylation is 1. The molecule has 0 fully saturated rings. The average Bonchev–Trinajstić information content (AvgIpc) is 3.28. The third-order valence-electron chi connectivity index (χ3n) is 5.20. The number of nitrogens with one attached hydrogen (secondary N) is 2. The Morgan fingerprint density at radius 1 is 1.06 bits per heavy atom. The minimum Gasteiger partial charge on any atom is -0.479 e. The third kappa shape index (κ3) is 6.69. The first-order chi connectivity index (χ1) is 17.0. The lowest BCUT2D eigenvalue weighted by Crippen LogP contribution is -2.16. The molecule has 11 heteroatoms. The van der Waals surface area contributed by atoms with Gasteiger partial charge in [-0.15, -0.1) is 0 Å². The van der Waals surface area contributed by atoms with E-state index in [9.17, 15) is 9.59 Å². The van der Waals surface area contributed by atoms with E-state index in [0.717, 1.165) is 11.1 Å². The molecule has 36 heavy (non-hydrogen) atoms. The molecule has 0 spiro atoms. The number of methoxy groups -OCH3 is 2. The number of hydrogen-bond acceptors (Lipinski definition) is 10. The molecule has 1 aromatic carbocycles. The van der Waals surface area contributed by atoms with Gasteiger partial charge in [-0.1, -0.05) is 44.2 Å². The van der Waals surface area contributed by atoms with Crippen LogP contribution in [-0.4, -0.2) is 47.4 Å². The molecule has 0 saturated heterocycles. The SMILES string of the molecule is COc1nc(NCCC(C)=O)nc(OC)c1NC(=O)c1csc(Oc2cc(C(C)(C)C)ccc2C)n1. The Hall–Kier alpha value is -3.73. The van der Waals surface area contributed by atoms with Gasteiger partial charge in [-0.3, -0.25) is 9.59 Å². The lowest BCUT2D eigenvalue weighted by molar-refractivity contribution is -0.116. The Labute approximate surface area is 214 Å². The van der Waals surface area contributed by atoms with Crippen LogP contribution < -0.4 is 24.8 Å². The molecule has 2 heterocycles. The molecule has 0 unspecified atom stereocenters. The van der Waals surface area contributed by atoms with E-state index in [1.165, 1.54) is 32.5 Å². The third-order valence-corrected chi connectivity index (χ3v) is 5.91. The van der Waals surface area contributed by atoms with Crippen LogP contribution in [0.1, 0.15) is 55.7 Å². The van der Waals surface area contributed by atoms with Crippen LogP contribution in [0.2, 0.25) is 0 Å². The Balaban J connectivity index is 1.78. The molecule has 0 atom stereocenters. The van der Waals surface area contributed by atoms with E-state index >= 15 is 0 Å². The van der Waals surface area contributed by atoms with Gasteiger partial charge in [0.15, 0.2) is 5.69 Å². The normalized spacial score (nSPS) is 11.1. The molecular weight excluding hydrogens is 482 g/mol. The molecule has 0 bridgehead atoms. The molecule has 0 saturated carbocycles. The highest BCUT2D eigenvalue weighted by molar-refractivity contribution is 7.11. The number of hydrogen-bond donors (Lipinski definition) is 2. The number of benzene rings is 1. The highest BCUT2D eigenvalue weighted by atomic mass is 32.1. The van der Waals surface area contributed by atoms with E-state index < -0.39 is 5.91 Å². The number of carbonyl (C=O) groups is 2. The fourth-order valence-corrected chi connectivity index (χ4v) is 3.77. The van der Waals surface area contributed by atoms with Gasteiger partial charge in [-0.05, 0) is 36.5 Å². The summed E-state index contributed by atoms with van der Waals surface area (Å²) < 4.78 is 16.7. The molecule has 0 aliphatic carbocycles. The predicted molar refractivity (Wildman–Crippen MR) is 139 cm³/mol. The monoisotopic (exact) mass is 513 g/mol. The van der Waals surface area contributed by atoms with Gasteiger partial charge in [-0.25, -0.2) is 0 Å². The van der Waals surface area contributed by atoms with Gasteiger partial charge in [0.25, 0.3) is 11.1 Å². The molecule has 2 N–H and O–H groups in total. The summed E-state index contributed by atoms with van der Waals surface area (Å²) in [6.45, 7) is 10.2. The Morgan fingerprint density at radius 3 is 2.31 bits per heavy atom. The van der Waals surface area contributed by atoms with Gasteiger partial charge >= 0.3 is 0 Å². The van der Waals surface area contributed by atoms with Crippen LogP contribution >= 0.6 is 11.3 Å². The van der Waals surface area contributed by atoms with E-state index in [-0.39, 0.29) is 40.3 Å². The first-order valence-corrected chi connectivity index (χ1v) is 12.2. The highest BCUT2D eigenvalue weighted by Crippen LogP contribution is 2.35. The molecule has 3 rings (SSSR count). The summed E-state index contributed by atoms with van der Waals surface area (Å²) in [5.74, 6) is 0.630. The zero-order valence-corrected chi connectivity index (χ0v) is 22.3. The number of carbonyl (C=O) groups excluding carboxylic acids is 2. The number of ketones is 1. The second-order valence-electron chi connectivity index (χ2n) is 9.10. The van der Waals surface area contributed by atoms with Crippen molar-refractivity contribution in [2.45, 2.75) is 46.5 Å². The van der Waals surface area contributed by atoms with Crippen LogP contribution in [0.15, 0.2) is 23.6 Å². The van der Waals surface area contributed by atoms with E-state index in [1.54, 1.807) is 5.38 Å². The van der Waals surface area contributed by atoms with Crippen molar-refractivity contribution >= 4 is 34.7 Å². The first kappa shape index (κ1) is 26.9. The summed E-state index contributed by atoms with van der Waals surface area (Å²) in [7, 11) is 2.83. The molecule has 10 nitrogen and oxygen atoms in total. The summed E-state index contributed by atoms with van der Waals surface area (Å²) >= 11 is 1.21. The standard InChI is InChI=1S/C25H31N5O5S/c1-14-8-9-16(25(3,4)5)12-18(14)35-24-27-17(13-36-24)20(32)28-19-21(33-6)29-23(30-22(19)34-7)26-11-10-15(2)31/h8-9,12-13H,10-11H2,1-7H3,(H,28,32)(H,26,29,30). The van der Waals surface area contributed by atoms with Gasteiger partial charge in [0.2, 0.25) is 17.7 Å².